The number of nitrogens with zero attached hydrogens (tertiary/aromatic N) is 4. The summed E-state index contributed by atoms with van der Waals surface area (Å²) in [5.41, 5.74) is 1.14. The Morgan fingerprint density at radius 1 is 0.944 bits per heavy atom. The normalized spacial score (nSPS) is 17.1. The summed E-state index contributed by atoms with van der Waals surface area (Å²) in [6.07, 6.45) is 5.96. The zero-order valence-corrected chi connectivity index (χ0v) is 21.1. The van der Waals surface area contributed by atoms with Crippen molar-refractivity contribution in [1.29, 1.82) is 0 Å². The number of piperidine rings is 2. The van der Waals surface area contributed by atoms with E-state index in [2.05, 4.69) is 20.4 Å². The van der Waals surface area contributed by atoms with Crippen LogP contribution in [0.5, 0.6) is 5.75 Å². The molecule has 2 amide bonds. The SMILES string of the molecule is O=C(Nc1cccc(C(=O)N2CCC(N3CCCCC3)CC2)c1)c1nnc(COc2ccccc2)s1. The molecule has 5 rings (SSSR count). The van der Waals surface area contributed by atoms with Crippen LogP contribution in [0.3, 0.4) is 0 Å². The molecule has 188 valence electrons. The molecule has 36 heavy (non-hydrogen) atoms. The van der Waals surface area contributed by atoms with Gasteiger partial charge in [-0.1, -0.05) is 42.0 Å². The van der Waals surface area contributed by atoms with Crippen LogP contribution in [0.4, 0.5) is 5.69 Å². The van der Waals surface area contributed by atoms with Crippen LogP contribution in [-0.4, -0.2) is 64.0 Å². The van der Waals surface area contributed by atoms with Crippen molar-refractivity contribution in [3.05, 3.63) is 70.2 Å². The molecule has 2 saturated heterocycles. The molecule has 0 spiro atoms. The molecule has 0 atom stereocenters. The lowest BCUT2D eigenvalue weighted by atomic mass is 9.99. The molecule has 2 aliphatic rings. The number of para-hydroxylation sites is 1. The molecule has 8 nitrogen and oxygen atoms in total. The summed E-state index contributed by atoms with van der Waals surface area (Å²) in [6, 6.07) is 17.1. The maximum absolute atomic E-state index is 13.1. The highest BCUT2D eigenvalue weighted by Crippen LogP contribution is 2.23. The quantitative estimate of drug-likeness (QED) is 0.510. The van der Waals surface area contributed by atoms with Gasteiger partial charge in [-0.2, -0.15) is 0 Å². The largest absolute Gasteiger partial charge is 0.486 e. The summed E-state index contributed by atoms with van der Waals surface area (Å²) in [6.45, 7) is 4.17. The summed E-state index contributed by atoms with van der Waals surface area (Å²) in [5, 5.41) is 11.8. The van der Waals surface area contributed by atoms with E-state index in [1.54, 1.807) is 24.3 Å². The van der Waals surface area contributed by atoms with Crippen LogP contribution in [0.2, 0.25) is 0 Å². The van der Waals surface area contributed by atoms with Crippen LogP contribution in [0.25, 0.3) is 0 Å². The number of hydrogen-bond acceptors (Lipinski definition) is 7. The molecule has 0 saturated carbocycles. The van der Waals surface area contributed by atoms with E-state index in [1.165, 1.54) is 43.7 Å². The average Bonchev–Trinajstić information content (AvgIpc) is 3.42. The summed E-state index contributed by atoms with van der Waals surface area (Å²) < 4.78 is 5.68. The van der Waals surface area contributed by atoms with Crippen molar-refractivity contribution in [2.75, 3.05) is 31.5 Å². The molecule has 3 heterocycles. The van der Waals surface area contributed by atoms with Gasteiger partial charge in [-0.3, -0.25) is 9.59 Å². The molecule has 2 aliphatic heterocycles. The highest BCUT2D eigenvalue weighted by atomic mass is 32.1. The van der Waals surface area contributed by atoms with Crippen molar-refractivity contribution in [1.82, 2.24) is 20.0 Å². The molecule has 0 radical (unpaired) electrons. The molecular formula is C27H31N5O3S. The molecule has 2 aromatic carbocycles. The number of carbonyl (C=O) groups excluding carboxylic acids is 2. The number of anilines is 1. The van der Waals surface area contributed by atoms with Crippen molar-refractivity contribution < 1.29 is 14.3 Å². The van der Waals surface area contributed by atoms with Gasteiger partial charge in [-0.05, 0) is 69.1 Å². The van der Waals surface area contributed by atoms with Gasteiger partial charge in [-0.15, -0.1) is 10.2 Å². The Hall–Kier alpha value is -3.30. The van der Waals surface area contributed by atoms with E-state index in [0.29, 0.717) is 22.3 Å². The fourth-order valence-electron chi connectivity index (χ4n) is 4.88. The zero-order chi connectivity index (χ0) is 24.7. The van der Waals surface area contributed by atoms with Gasteiger partial charge >= 0.3 is 0 Å². The van der Waals surface area contributed by atoms with Gasteiger partial charge in [0.15, 0.2) is 5.01 Å². The van der Waals surface area contributed by atoms with Gasteiger partial charge in [0.25, 0.3) is 11.8 Å². The predicted molar refractivity (Wildman–Crippen MR) is 139 cm³/mol. The third-order valence-electron chi connectivity index (χ3n) is 6.79. The predicted octanol–water partition coefficient (Wildman–Crippen LogP) is 4.46. The zero-order valence-electron chi connectivity index (χ0n) is 20.3. The van der Waals surface area contributed by atoms with Crippen LogP contribution in [0.15, 0.2) is 54.6 Å². The summed E-state index contributed by atoms with van der Waals surface area (Å²) in [7, 11) is 0. The van der Waals surface area contributed by atoms with E-state index in [0.717, 1.165) is 31.7 Å². The smallest absolute Gasteiger partial charge is 0.286 e. The van der Waals surface area contributed by atoms with Gasteiger partial charge < -0.3 is 19.9 Å². The van der Waals surface area contributed by atoms with Crippen LogP contribution in [-0.2, 0) is 6.61 Å². The number of ether oxygens (including phenoxy) is 1. The topological polar surface area (TPSA) is 87.7 Å². The lowest BCUT2D eigenvalue weighted by Crippen LogP contribution is -2.48. The lowest BCUT2D eigenvalue weighted by Gasteiger charge is -2.40. The second-order valence-corrected chi connectivity index (χ2v) is 10.3. The molecule has 9 heteroatoms. The molecule has 1 aromatic heterocycles. The number of benzene rings is 2. The van der Waals surface area contributed by atoms with Crippen molar-refractivity contribution in [3.63, 3.8) is 0 Å². The molecule has 1 N–H and O–H groups in total. The minimum Gasteiger partial charge on any atom is -0.486 e. The number of nitrogens with one attached hydrogen (secondary N) is 1. The molecule has 0 unspecified atom stereocenters. The van der Waals surface area contributed by atoms with Gasteiger partial charge in [-0.25, -0.2) is 0 Å². The first kappa shape index (κ1) is 24.4. The number of rotatable bonds is 7. The van der Waals surface area contributed by atoms with Gasteiger partial charge in [0.05, 0.1) is 0 Å². The molecule has 3 aromatic rings. The van der Waals surface area contributed by atoms with Gasteiger partial charge in [0.1, 0.15) is 12.4 Å². The highest BCUT2D eigenvalue weighted by molar-refractivity contribution is 7.13. The summed E-state index contributed by atoms with van der Waals surface area (Å²) >= 11 is 1.19. The van der Waals surface area contributed by atoms with Crippen molar-refractivity contribution in [2.45, 2.75) is 44.8 Å². The van der Waals surface area contributed by atoms with Gasteiger partial charge in [0, 0.05) is 30.4 Å². The van der Waals surface area contributed by atoms with Crippen LogP contribution < -0.4 is 10.1 Å². The van der Waals surface area contributed by atoms with E-state index >= 15 is 0 Å². The minimum absolute atomic E-state index is 0.0134. The number of carbonyl (C=O) groups is 2. The first-order valence-corrected chi connectivity index (χ1v) is 13.4. The van der Waals surface area contributed by atoms with Crippen molar-refractivity contribution >= 4 is 28.8 Å². The lowest BCUT2D eigenvalue weighted by molar-refractivity contribution is 0.0590. The van der Waals surface area contributed by atoms with Crippen molar-refractivity contribution in [3.8, 4) is 5.75 Å². The van der Waals surface area contributed by atoms with E-state index < -0.39 is 0 Å². The third-order valence-corrected chi connectivity index (χ3v) is 7.69. The standard InChI is InChI=1S/C27H31N5O3S/c33-25(26-30-29-24(36-26)19-35-23-10-3-1-4-11-23)28-21-9-7-8-20(18-21)27(34)32-16-12-22(13-17-32)31-14-5-2-6-15-31/h1,3-4,7-11,18,22H,2,5-6,12-17,19H2,(H,28,33). The number of hydrogen-bond donors (Lipinski definition) is 1. The first-order chi connectivity index (χ1) is 17.7. The van der Waals surface area contributed by atoms with Gasteiger partial charge in [0.2, 0.25) is 5.01 Å². The maximum atomic E-state index is 13.1. The Bertz CT molecular complexity index is 1170. The third kappa shape index (κ3) is 6.09. The molecule has 0 bridgehead atoms. The Labute approximate surface area is 215 Å². The van der Waals surface area contributed by atoms with E-state index in [-0.39, 0.29) is 23.4 Å². The second-order valence-electron chi connectivity index (χ2n) is 9.26. The van der Waals surface area contributed by atoms with Crippen LogP contribution in [0.1, 0.15) is 57.3 Å². The summed E-state index contributed by atoms with van der Waals surface area (Å²) in [5.74, 6) is 0.390. The fourth-order valence-corrected chi connectivity index (χ4v) is 5.53. The average molecular weight is 506 g/mol. The Balaban J connectivity index is 1.14. The minimum atomic E-state index is -0.356. The number of aromatic nitrogens is 2. The molecule has 2 fully saturated rings. The Morgan fingerprint density at radius 2 is 1.72 bits per heavy atom. The Morgan fingerprint density at radius 3 is 2.50 bits per heavy atom. The monoisotopic (exact) mass is 505 g/mol. The van der Waals surface area contributed by atoms with Crippen LogP contribution >= 0.6 is 11.3 Å². The maximum Gasteiger partial charge on any atom is 0.286 e. The highest BCUT2D eigenvalue weighted by Gasteiger charge is 2.28. The second kappa shape index (κ2) is 11.6. The fraction of sp³-hybridized carbons (Fsp3) is 0.407. The van der Waals surface area contributed by atoms with Crippen LogP contribution in [0, 0.1) is 0 Å². The first-order valence-electron chi connectivity index (χ1n) is 12.6. The van der Waals surface area contributed by atoms with Crippen molar-refractivity contribution in [2.24, 2.45) is 0 Å². The number of likely N-dealkylation sites (tertiary alicyclic amines) is 2. The molecule has 0 aliphatic carbocycles. The molecular weight excluding hydrogens is 474 g/mol. The van der Waals surface area contributed by atoms with E-state index in [4.69, 9.17) is 4.74 Å². The van der Waals surface area contributed by atoms with E-state index in [1.807, 2.05) is 35.2 Å². The Kier molecular flexibility index (Phi) is 7.88. The van der Waals surface area contributed by atoms with E-state index in [9.17, 15) is 9.59 Å². The summed E-state index contributed by atoms with van der Waals surface area (Å²) in [4.78, 5) is 30.4. The number of amides is 2.